The summed E-state index contributed by atoms with van der Waals surface area (Å²) >= 11 is 0. The number of nitrogens with zero attached hydrogens (tertiary/aromatic N) is 1. The first-order chi connectivity index (χ1) is 13.2. The average molecular weight is 364 g/mol. The number of benzene rings is 2. The van der Waals surface area contributed by atoms with Crippen molar-refractivity contribution in [2.75, 3.05) is 11.9 Å². The molecule has 0 aliphatic heterocycles. The molecule has 1 fully saturated rings. The molecule has 0 aromatic heterocycles. The first-order valence-corrected chi connectivity index (χ1v) is 9.92. The average Bonchev–Trinajstić information content (AvgIpc) is 2.70. The number of amides is 2. The molecule has 0 bridgehead atoms. The van der Waals surface area contributed by atoms with Crippen LogP contribution < -0.4 is 5.32 Å². The lowest BCUT2D eigenvalue weighted by Crippen LogP contribution is -2.41. The molecule has 142 valence electrons. The third kappa shape index (κ3) is 5.19. The summed E-state index contributed by atoms with van der Waals surface area (Å²) in [5.41, 5.74) is 2.38. The Balaban J connectivity index is 1.60. The summed E-state index contributed by atoms with van der Waals surface area (Å²) in [7, 11) is 0. The first kappa shape index (κ1) is 19.2. The van der Waals surface area contributed by atoms with Gasteiger partial charge in [-0.2, -0.15) is 0 Å². The first-order valence-electron chi connectivity index (χ1n) is 9.92. The van der Waals surface area contributed by atoms with Crippen LogP contribution in [0.1, 0.15) is 54.9 Å². The minimum atomic E-state index is -0.0577. The Morgan fingerprint density at radius 1 is 0.963 bits per heavy atom. The molecule has 1 aliphatic carbocycles. The van der Waals surface area contributed by atoms with Crippen LogP contribution >= 0.6 is 0 Å². The van der Waals surface area contributed by atoms with Crippen LogP contribution in [0.5, 0.6) is 0 Å². The monoisotopic (exact) mass is 364 g/mol. The fraction of sp³-hybridized carbons (Fsp3) is 0.391. The van der Waals surface area contributed by atoms with Crippen molar-refractivity contribution in [3.63, 3.8) is 0 Å². The zero-order valence-electron chi connectivity index (χ0n) is 16.0. The van der Waals surface area contributed by atoms with Gasteiger partial charge >= 0.3 is 0 Å². The van der Waals surface area contributed by atoms with Crippen molar-refractivity contribution in [2.24, 2.45) is 0 Å². The molecule has 4 heteroatoms. The normalized spacial score (nSPS) is 14.6. The highest BCUT2D eigenvalue weighted by Crippen LogP contribution is 2.24. The maximum Gasteiger partial charge on any atom is 0.254 e. The zero-order chi connectivity index (χ0) is 19.1. The molecule has 0 atom stereocenters. The van der Waals surface area contributed by atoms with E-state index in [1.54, 1.807) is 0 Å². The molecule has 4 nitrogen and oxygen atoms in total. The van der Waals surface area contributed by atoms with Gasteiger partial charge in [0.2, 0.25) is 5.91 Å². The van der Waals surface area contributed by atoms with Crippen LogP contribution in [0, 0.1) is 0 Å². The molecule has 0 saturated heterocycles. The van der Waals surface area contributed by atoms with Gasteiger partial charge in [-0.15, -0.1) is 0 Å². The van der Waals surface area contributed by atoms with Gasteiger partial charge in [0.1, 0.15) is 0 Å². The van der Waals surface area contributed by atoms with Crippen molar-refractivity contribution in [1.29, 1.82) is 0 Å². The van der Waals surface area contributed by atoms with Gasteiger partial charge in [-0.3, -0.25) is 9.59 Å². The maximum atomic E-state index is 12.9. The van der Waals surface area contributed by atoms with Gasteiger partial charge in [0.15, 0.2) is 0 Å². The zero-order valence-corrected chi connectivity index (χ0v) is 16.0. The van der Waals surface area contributed by atoms with Crippen LogP contribution in [0.15, 0.2) is 54.6 Å². The van der Waals surface area contributed by atoms with Crippen molar-refractivity contribution in [2.45, 2.75) is 51.5 Å². The molecule has 1 N–H and O–H groups in total. The molecular formula is C23H28N2O2. The lowest BCUT2D eigenvalue weighted by Gasteiger charge is -2.33. The lowest BCUT2D eigenvalue weighted by atomic mass is 9.93. The number of anilines is 1. The lowest BCUT2D eigenvalue weighted by molar-refractivity contribution is -0.115. The van der Waals surface area contributed by atoms with Crippen molar-refractivity contribution in [1.82, 2.24) is 4.90 Å². The smallest absolute Gasteiger partial charge is 0.254 e. The second kappa shape index (κ2) is 9.36. The summed E-state index contributed by atoms with van der Waals surface area (Å²) in [6.07, 6.45) is 6.24. The summed E-state index contributed by atoms with van der Waals surface area (Å²) < 4.78 is 0. The largest absolute Gasteiger partial charge is 0.336 e. The summed E-state index contributed by atoms with van der Waals surface area (Å²) in [4.78, 5) is 27.1. The van der Waals surface area contributed by atoms with E-state index in [1.165, 1.54) is 19.3 Å². The molecule has 2 aromatic rings. The van der Waals surface area contributed by atoms with Crippen molar-refractivity contribution in [3.8, 4) is 0 Å². The Morgan fingerprint density at radius 2 is 1.63 bits per heavy atom. The third-order valence-corrected chi connectivity index (χ3v) is 5.24. The van der Waals surface area contributed by atoms with Crippen LogP contribution in [-0.2, 0) is 11.2 Å². The molecule has 0 heterocycles. The summed E-state index contributed by atoms with van der Waals surface area (Å²) in [6, 6.07) is 17.3. The molecule has 0 unspecified atom stereocenters. The second-order valence-electron chi connectivity index (χ2n) is 7.17. The number of nitrogens with one attached hydrogen (secondary N) is 1. The molecule has 0 spiro atoms. The Kier molecular flexibility index (Phi) is 6.64. The summed E-state index contributed by atoms with van der Waals surface area (Å²) in [5, 5.41) is 2.90. The number of rotatable bonds is 6. The van der Waals surface area contributed by atoms with Gasteiger partial charge in [-0.05, 0) is 49.6 Å². The molecule has 3 rings (SSSR count). The molecule has 2 amide bonds. The van der Waals surface area contributed by atoms with E-state index in [9.17, 15) is 9.59 Å². The molecule has 27 heavy (non-hydrogen) atoms. The van der Waals surface area contributed by atoms with E-state index in [0.717, 1.165) is 24.9 Å². The van der Waals surface area contributed by atoms with Crippen molar-refractivity contribution >= 4 is 17.5 Å². The summed E-state index contributed by atoms with van der Waals surface area (Å²) in [5.74, 6) is 0.0317. The maximum absolute atomic E-state index is 12.9. The van der Waals surface area contributed by atoms with E-state index in [1.807, 2.05) is 66.4 Å². The number of carbonyl (C=O) groups excluding carboxylic acids is 2. The second-order valence-corrected chi connectivity index (χ2v) is 7.17. The van der Waals surface area contributed by atoms with Crippen LogP contribution in [0.4, 0.5) is 5.69 Å². The van der Waals surface area contributed by atoms with Crippen LogP contribution in [0.3, 0.4) is 0 Å². The number of hydrogen-bond acceptors (Lipinski definition) is 2. The Hall–Kier alpha value is -2.62. The predicted octanol–water partition coefficient (Wildman–Crippen LogP) is 4.66. The highest BCUT2D eigenvalue weighted by atomic mass is 16.2. The van der Waals surface area contributed by atoms with E-state index >= 15 is 0 Å². The van der Waals surface area contributed by atoms with Crippen LogP contribution in [0.25, 0.3) is 0 Å². The number of carbonyl (C=O) groups is 2. The van der Waals surface area contributed by atoms with Crippen LogP contribution in [0.2, 0.25) is 0 Å². The van der Waals surface area contributed by atoms with Gasteiger partial charge in [0.25, 0.3) is 5.91 Å². The third-order valence-electron chi connectivity index (χ3n) is 5.24. The van der Waals surface area contributed by atoms with E-state index in [2.05, 4.69) is 5.32 Å². The molecule has 0 radical (unpaired) electrons. The highest BCUT2D eigenvalue weighted by Gasteiger charge is 2.24. The van der Waals surface area contributed by atoms with E-state index in [4.69, 9.17) is 0 Å². The molecular weight excluding hydrogens is 336 g/mol. The molecule has 1 saturated carbocycles. The summed E-state index contributed by atoms with van der Waals surface area (Å²) in [6.45, 7) is 2.78. The Bertz CT molecular complexity index is 750. The van der Waals surface area contributed by atoms with Gasteiger partial charge < -0.3 is 10.2 Å². The predicted molar refractivity (Wildman–Crippen MR) is 109 cm³/mol. The minimum Gasteiger partial charge on any atom is -0.336 e. The van der Waals surface area contributed by atoms with E-state index in [0.29, 0.717) is 23.7 Å². The standard InChI is InChI=1S/C23H28N2O2/c1-2-25(21-11-7-4-8-12-21)23(27)19-13-15-20(16-14-19)24-22(26)17-18-9-5-3-6-10-18/h3,5-6,9-10,13-16,21H,2,4,7-8,11-12,17H2,1H3,(H,24,26). The Labute approximate surface area is 161 Å². The topological polar surface area (TPSA) is 49.4 Å². The fourth-order valence-corrected chi connectivity index (χ4v) is 3.81. The van der Waals surface area contributed by atoms with Gasteiger partial charge in [0.05, 0.1) is 6.42 Å². The SMILES string of the molecule is CCN(C(=O)c1ccc(NC(=O)Cc2ccccc2)cc1)C1CCCCC1. The minimum absolute atomic E-state index is 0.0577. The number of hydrogen-bond donors (Lipinski definition) is 1. The van der Waals surface area contributed by atoms with E-state index in [-0.39, 0.29) is 11.8 Å². The van der Waals surface area contributed by atoms with Gasteiger partial charge in [0, 0.05) is 23.8 Å². The fourth-order valence-electron chi connectivity index (χ4n) is 3.81. The van der Waals surface area contributed by atoms with Gasteiger partial charge in [-0.1, -0.05) is 49.6 Å². The van der Waals surface area contributed by atoms with Crippen molar-refractivity contribution < 1.29 is 9.59 Å². The van der Waals surface area contributed by atoms with Gasteiger partial charge in [-0.25, -0.2) is 0 Å². The van der Waals surface area contributed by atoms with Crippen LogP contribution in [-0.4, -0.2) is 29.3 Å². The Morgan fingerprint density at radius 3 is 2.26 bits per heavy atom. The molecule has 2 aromatic carbocycles. The highest BCUT2D eigenvalue weighted by molar-refractivity contribution is 5.96. The van der Waals surface area contributed by atoms with E-state index < -0.39 is 0 Å². The quantitative estimate of drug-likeness (QED) is 0.810. The van der Waals surface area contributed by atoms with Crippen molar-refractivity contribution in [3.05, 3.63) is 65.7 Å². The molecule has 1 aliphatic rings.